The van der Waals surface area contributed by atoms with Crippen LogP contribution < -0.4 is 0 Å². The van der Waals surface area contributed by atoms with Crippen LogP contribution in [-0.4, -0.2) is 88.9 Å². The van der Waals surface area contributed by atoms with Crippen LogP contribution in [-0.2, 0) is 57.2 Å². The zero-order chi connectivity index (χ0) is 83.5. The summed E-state index contributed by atoms with van der Waals surface area (Å²) in [6, 6.07) is 0. The van der Waals surface area contributed by atoms with E-state index in [9.17, 15) is 39.0 Å². The molecule has 0 aromatic carbocycles. The quantitative estimate of drug-likeness (QED) is 0.0766. The van der Waals surface area contributed by atoms with Crippen molar-refractivity contribution in [2.45, 2.75) is 473 Å². The highest BCUT2D eigenvalue weighted by Gasteiger charge is 2.67. The van der Waals surface area contributed by atoms with Gasteiger partial charge < -0.3 is 38.6 Å². The summed E-state index contributed by atoms with van der Waals surface area (Å²) in [4.78, 5) is 72.9. The number of hydrogen-bond donors (Lipinski definition) is 2. The first kappa shape index (κ1) is 121. The Labute approximate surface area is 803 Å². The van der Waals surface area contributed by atoms with Gasteiger partial charge in [-0.05, 0) is 364 Å². The number of rotatable bonds is 22. The molecule has 3 heterocycles. The van der Waals surface area contributed by atoms with Crippen molar-refractivity contribution in [3.63, 3.8) is 0 Å². The van der Waals surface area contributed by atoms with Crippen molar-refractivity contribution in [2.75, 3.05) is 13.2 Å². The zero-order valence-electron chi connectivity index (χ0n) is 76.6. The third-order valence-electron chi connectivity index (χ3n) is 40.4. The Morgan fingerprint density at radius 2 is 0.585 bits per heavy atom. The Morgan fingerprint density at radius 3 is 0.838 bits per heavy atom. The summed E-state index contributed by atoms with van der Waals surface area (Å²) in [6.45, 7) is 33.3. The number of aliphatic carboxylic acids is 2. The second-order valence-corrected chi connectivity index (χ2v) is 44.2. The highest BCUT2D eigenvalue weighted by atomic mass is 16.7. The first-order chi connectivity index (χ1) is 57.1. The molecule has 17 aliphatic carbocycles. The Morgan fingerprint density at radius 1 is 0.315 bits per heavy atom. The van der Waals surface area contributed by atoms with E-state index in [1.165, 1.54) is 154 Å². The van der Waals surface area contributed by atoms with Crippen molar-refractivity contribution >= 4 is 35.8 Å². The van der Waals surface area contributed by atoms with E-state index in [-0.39, 0.29) is 178 Å². The molecule has 20 fully saturated rings. The third kappa shape index (κ3) is 22.4. The fourth-order valence-corrected chi connectivity index (χ4v) is 35.5. The van der Waals surface area contributed by atoms with Crippen molar-refractivity contribution < 1.29 is 67.4 Å². The Hall–Kier alpha value is -3.26. The van der Waals surface area contributed by atoms with Crippen molar-refractivity contribution in [3.8, 4) is 0 Å². The predicted octanol–water partition coefficient (Wildman–Crippen LogP) is 31.4. The molecule has 40 atom stereocenters. The van der Waals surface area contributed by atoms with Gasteiger partial charge in [-0.2, -0.15) is 0 Å². The molecule has 20 rings (SSSR count). The van der Waals surface area contributed by atoms with Gasteiger partial charge in [0, 0.05) is 12.3 Å². The van der Waals surface area contributed by atoms with E-state index in [0.717, 1.165) is 257 Å². The summed E-state index contributed by atoms with van der Waals surface area (Å²) >= 11 is 0. The number of cyclic esters (lactones) is 1. The molecule has 14 nitrogen and oxygen atoms in total. The topological polar surface area (TPSA) is 198 Å². The average Bonchev–Trinajstić information content (AvgIpc) is 1.58. The lowest BCUT2D eigenvalue weighted by Crippen LogP contribution is -2.39. The van der Waals surface area contributed by atoms with E-state index in [2.05, 4.69) is 96.9 Å². The van der Waals surface area contributed by atoms with Crippen LogP contribution in [0.3, 0.4) is 0 Å². The second kappa shape index (κ2) is 51.6. The third-order valence-corrected chi connectivity index (χ3v) is 40.4. The summed E-state index contributed by atoms with van der Waals surface area (Å²) < 4.78 is 34.6. The van der Waals surface area contributed by atoms with E-state index in [1.807, 2.05) is 0 Å². The van der Waals surface area contributed by atoms with Crippen molar-refractivity contribution in [2.24, 2.45) is 219 Å². The Kier molecular flexibility index (Phi) is 48.0. The molecular formula is C116H216O14. The second-order valence-electron chi connectivity index (χ2n) is 44.2. The van der Waals surface area contributed by atoms with Gasteiger partial charge in [-0.25, -0.2) is 0 Å². The van der Waals surface area contributed by atoms with Crippen molar-refractivity contribution in [1.29, 1.82) is 0 Å². The summed E-state index contributed by atoms with van der Waals surface area (Å²) in [5.74, 6) is 24.4. The molecule has 3 saturated heterocycles. The van der Waals surface area contributed by atoms with Crippen LogP contribution in [0.2, 0.25) is 0 Å². The SMILES string of the molecule is C.C.C.C.C.C.C.C.C.C.C.C.CCC1CC(CC)C2C3CC(CC3C(=O)O)C12.CCC1CC(CC)C2C3CC(CC3C(=O)O)C12.CCC1CC(CC)C2C3CC(CC3C(=O)OC3(CC)CCCC3)C12.CCC1CC(CC)C2C3CC(CC3C(=O)OC3(CC)CCCC3)C12.CCC1CC(CC)C2C3CC(CC3C(=O)OC3CCCCO3)C12.CCC1OC(CC)C2C(=O)OCC12. The van der Waals surface area contributed by atoms with Crippen LogP contribution in [0.15, 0.2) is 0 Å². The Bertz CT molecular complexity index is 3220. The number of esters is 4. The maximum absolute atomic E-state index is 13.1. The summed E-state index contributed by atoms with van der Waals surface area (Å²) in [5.41, 5.74) is -0.214. The van der Waals surface area contributed by atoms with Crippen molar-refractivity contribution in [1.82, 2.24) is 0 Å². The molecule has 0 radical (unpaired) electrons. The largest absolute Gasteiger partial charge is 0.481 e. The van der Waals surface area contributed by atoms with Crippen molar-refractivity contribution in [3.05, 3.63) is 0 Å². The molecule has 14 heteroatoms. The molecule has 10 bridgehead atoms. The minimum atomic E-state index is -0.522. The lowest BCUT2D eigenvalue weighted by atomic mass is 9.70. The predicted molar refractivity (Wildman–Crippen MR) is 542 cm³/mol. The van der Waals surface area contributed by atoms with Crippen LogP contribution in [0.25, 0.3) is 0 Å². The highest BCUT2D eigenvalue weighted by Crippen LogP contribution is 2.71. The number of hydrogen-bond acceptors (Lipinski definition) is 12. The number of carbonyl (C=O) groups excluding carboxylic acids is 4. The molecule has 0 spiro atoms. The maximum Gasteiger partial charge on any atom is 0.312 e. The van der Waals surface area contributed by atoms with Gasteiger partial charge in [0.25, 0.3) is 0 Å². The summed E-state index contributed by atoms with van der Waals surface area (Å²) in [6.07, 6.45) is 48.1. The van der Waals surface area contributed by atoms with Gasteiger partial charge in [-0.3, -0.25) is 28.8 Å². The molecule has 130 heavy (non-hydrogen) atoms. The first-order valence-electron chi connectivity index (χ1n) is 51.6. The monoisotopic (exact) mass is 1830 g/mol. The molecule has 0 aromatic rings. The van der Waals surface area contributed by atoms with Gasteiger partial charge in [-0.15, -0.1) is 0 Å². The summed E-state index contributed by atoms with van der Waals surface area (Å²) in [7, 11) is 0. The zero-order valence-corrected chi connectivity index (χ0v) is 76.6. The van der Waals surface area contributed by atoms with E-state index in [1.54, 1.807) is 0 Å². The minimum Gasteiger partial charge on any atom is -0.481 e. The van der Waals surface area contributed by atoms with Gasteiger partial charge in [0.15, 0.2) is 0 Å². The molecule has 0 aromatic heterocycles. The lowest BCUT2D eigenvalue weighted by molar-refractivity contribution is -0.193. The Balaban J connectivity index is 0.000000399. The molecule has 40 unspecified atom stereocenters. The van der Waals surface area contributed by atoms with Crippen LogP contribution in [0.5, 0.6) is 0 Å². The van der Waals surface area contributed by atoms with Gasteiger partial charge in [0.1, 0.15) is 11.2 Å². The van der Waals surface area contributed by atoms with Gasteiger partial charge in [-0.1, -0.05) is 250 Å². The first-order valence-corrected chi connectivity index (χ1v) is 51.6. The normalized spacial score (nSPS) is 43.3. The van der Waals surface area contributed by atoms with Gasteiger partial charge in [0.05, 0.1) is 60.9 Å². The average molecular weight is 1830 g/mol. The van der Waals surface area contributed by atoms with Crippen LogP contribution >= 0.6 is 0 Å². The number of fused-ring (bicyclic) bond motifs is 26. The molecule has 0 amide bonds. The van der Waals surface area contributed by atoms with Crippen LogP contribution in [0.1, 0.15) is 443 Å². The summed E-state index contributed by atoms with van der Waals surface area (Å²) in [5, 5.41) is 18.7. The van der Waals surface area contributed by atoms with E-state index in [0.29, 0.717) is 42.1 Å². The molecule has 3 aliphatic heterocycles. The van der Waals surface area contributed by atoms with E-state index in [4.69, 9.17) is 28.4 Å². The van der Waals surface area contributed by atoms with Gasteiger partial charge >= 0.3 is 35.8 Å². The molecule has 764 valence electrons. The van der Waals surface area contributed by atoms with E-state index >= 15 is 0 Å². The fraction of sp³-hybridized carbons (Fsp3) is 0.948. The molecule has 20 aliphatic rings. The maximum atomic E-state index is 13.1. The molecule has 2 N–H and O–H groups in total. The highest BCUT2D eigenvalue weighted by molar-refractivity contribution is 5.77. The van der Waals surface area contributed by atoms with Crippen LogP contribution in [0, 0.1) is 219 Å². The van der Waals surface area contributed by atoms with E-state index < -0.39 is 11.9 Å². The minimum absolute atomic E-state index is 0. The standard InChI is InChI=1S/2C22H36O2.C20H32O3.2C15H24O2.C10H16O3.12CH4/c2*1-4-14-11-15(5-2)20-17-12-16(19(14)20)13-18(17)21(23)24-22(6-3)9-7-8-10-22;1-3-12-9-13(4-2)19-15-10-14(18(12)19)11-16(15)20(21)23-17-7-5-6-8-22-17;2*1-3-8-5-9(4-2)14-11-6-10(13(8)14)7-12(11)15(16)17;1-3-7-6-5-12-10(11)9(6)8(4-2)13-7;;;;;;;;;;;;/h2*14-20H,4-13H2,1-3H3;12-19H,3-11H2,1-2H3;2*8-14H,3-7H2,1-2H3,(H,16,17);6-9H,3-5H2,1-2H3;12*1H4. The molecule has 17 saturated carbocycles. The number of carboxylic acid groups (broad SMARTS) is 2. The number of carboxylic acids is 2. The number of ether oxygens (including phenoxy) is 6. The number of carbonyl (C=O) groups is 6. The van der Waals surface area contributed by atoms with Crippen LogP contribution in [0.4, 0.5) is 0 Å². The lowest BCUT2D eigenvalue weighted by Gasteiger charge is -2.37. The molecular weight excluding hydrogens is 1620 g/mol. The van der Waals surface area contributed by atoms with Gasteiger partial charge in [0.2, 0.25) is 6.29 Å². The fourth-order valence-electron chi connectivity index (χ4n) is 35.5. The smallest absolute Gasteiger partial charge is 0.312 e.